The van der Waals surface area contributed by atoms with Crippen molar-refractivity contribution in [2.75, 3.05) is 0 Å². The van der Waals surface area contributed by atoms with E-state index in [1.54, 1.807) is 0 Å². The monoisotopic (exact) mass is 1400 g/mol. The molecule has 21 rings (SSSR count). The second-order valence-electron chi connectivity index (χ2n) is 28.1. The second-order valence-corrected chi connectivity index (χ2v) is 29.2. The van der Waals surface area contributed by atoms with Gasteiger partial charge in [0.25, 0.3) is 0 Å². The van der Waals surface area contributed by atoms with Gasteiger partial charge < -0.3 is 9.47 Å². The lowest BCUT2D eigenvalue weighted by molar-refractivity contribution is 0.436. The number of aliphatic imine (C=N–C) groups is 1. The molecule has 2 spiro atoms. The van der Waals surface area contributed by atoms with Crippen molar-refractivity contribution in [3.05, 3.63) is 402 Å². The molecule has 108 heavy (non-hydrogen) atoms. The molecule has 0 unspecified atom stereocenters. The predicted molar refractivity (Wildman–Crippen MR) is 441 cm³/mol. The Bertz CT molecular complexity index is 6560. The van der Waals surface area contributed by atoms with Crippen LogP contribution < -0.4 is 9.47 Å². The molecule has 0 saturated carbocycles. The number of ether oxygens (including phenoxy) is 2. The molecule has 0 bridgehead atoms. The molecule has 2 aliphatic carbocycles. The van der Waals surface area contributed by atoms with Gasteiger partial charge in [0.05, 0.1) is 39.3 Å². The largest absolute Gasteiger partial charge is 0.457 e. The van der Waals surface area contributed by atoms with Gasteiger partial charge in [0.2, 0.25) is 0 Å². The lowest BCUT2D eigenvalue weighted by Crippen LogP contribution is -2.32. The fourth-order valence-corrected chi connectivity index (χ4v) is 18.6. The zero-order chi connectivity index (χ0) is 71.6. The van der Waals surface area contributed by atoms with E-state index in [0.29, 0.717) is 23.0 Å². The van der Waals surface area contributed by atoms with Crippen molar-refractivity contribution < 1.29 is 9.47 Å². The third kappa shape index (κ3) is 9.77. The van der Waals surface area contributed by atoms with Gasteiger partial charge >= 0.3 is 0 Å². The third-order valence-electron chi connectivity index (χ3n) is 22.3. The summed E-state index contributed by atoms with van der Waals surface area (Å²) in [6.07, 6.45) is 5.85. The van der Waals surface area contributed by atoms with E-state index in [2.05, 4.69) is 315 Å². The van der Waals surface area contributed by atoms with Crippen LogP contribution >= 0.6 is 11.3 Å². The summed E-state index contributed by atoms with van der Waals surface area (Å²) in [4.78, 5) is 25.3. The molecule has 4 aliphatic rings. The number of thiophene rings is 1. The SMILES string of the molecule is C=N/C(=C\C=C/C)c1cc(-c2ccccc2)nc(-c2ccc(-c3ccc4c(c3)C3(c5cc(-c6ccc7c(c6)sc6cc(-c8cc(-c9ccccc9)nc(-c9ccc(-c%10ccc%11c(c%10)C%10(c%12ccccc%12O%11)c%11ccccc%11-c%11ccccc%11%10)cc9)n8)ccc67)ccc5O4)c4ccccc4-c4ccccc43)cc2)n1. The zero-order valence-corrected chi connectivity index (χ0v) is 59.5. The maximum Gasteiger partial charge on any atom is 0.160 e. The van der Waals surface area contributed by atoms with Crippen LogP contribution in [0.25, 0.3) is 138 Å². The molecular weight excluding hydrogens is 1340 g/mol. The fraction of sp³-hybridized carbons (Fsp3) is 0.0300. The van der Waals surface area contributed by atoms with E-state index in [9.17, 15) is 0 Å². The smallest absolute Gasteiger partial charge is 0.160 e. The molecule has 0 radical (unpaired) electrons. The Morgan fingerprint density at radius 3 is 1.15 bits per heavy atom. The summed E-state index contributed by atoms with van der Waals surface area (Å²) < 4.78 is 16.3. The standard InChI is InChI=1S/C100H63N5O2S/c1-3-4-34-86(101-2)90-60-88(64-23-9-6-10-24-64)103-98(105-90)66-42-38-62(39-43-66)68-47-52-93-84(55-68)100(80-31-17-13-27-74(80)75-28-14-18-32-81(75)100)85-56-69(48-53-94(85)107-93)70-44-49-76-77-50-45-71(58-96(77)108-95(76)57-70)89-59-87(63-21-7-5-8-22-63)102-97(104-89)65-40-36-61(37-41-65)67-46-51-92-83(54-67)99(82-33-19-20-35-91(82)106-92)78-29-15-11-25-72(78)73-26-12-16-30-79(73)99/h3-60H,2H2,1H3/b4-3-,86-34-. The first-order chi connectivity index (χ1) is 53.4. The van der Waals surface area contributed by atoms with Crippen LogP contribution in [0.15, 0.2) is 357 Å². The Hall–Kier alpha value is -13.8. The summed E-state index contributed by atoms with van der Waals surface area (Å²) in [5.74, 6) is 4.67. The number of hydrogen-bond acceptors (Lipinski definition) is 8. The zero-order valence-electron chi connectivity index (χ0n) is 58.7. The summed E-state index contributed by atoms with van der Waals surface area (Å²) >= 11 is 1.81. The molecule has 17 aromatic rings. The van der Waals surface area contributed by atoms with E-state index in [1.807, 2.05) is 66.8 Å². The number of hydrogen-bond donors (Lipinski definition) is 0. The van der Waals surface area contributed by atoms with Gasteiger partial charge in [-0.3, -0.25) is 4.99 Å². The molecule has 5 heterocycles. The number of allylic oxidation sites excluding steroid dienone is 3. The summed E-state index contributed by atoms with van der Waals surface area (Å²) in [5, 5.41) is 2.42. The highest BCUT2D eigenvalue weighted by molar-refractivity contribution is 7.25. The number of para-hydroxylation sites is 1. The van der Waals surface area contributed by atoms with Gasteiger partial charge in [-0.05, 0) is 164 Å². The molecule has 8 heteroatoms. The van der Waals surface area contributed by atoms with Crippen molar-refractivity contribution in [3.8, 4) is 135 Å². The quantitative estimate of drug-likeness (QED) is 0.0948. The van der Waals surface area contributed by atoms with E-state index in [0.717, 1.165) is 124 Å². The molecule has 506 valence electrons. The molecule has 0 atom stereocenters. The summed E-state index contributed by atoms with van der Waals surface area (Å²) in [6.45, 7) is 5.87. The number of aromatic nitrogens is 4. The van der Waals surface area contributed by atoms with Crippen LogP contribution in [0.3, 0.4) is 0 Å². The summed E-state index contributed by atoms with van der Waals surface area (Å²) in [5.41, 5.74) is 28.4. The number of benzene rings is 14. The Kier molecular flexibility index (Phi) is 14.5. The Morgan fingerprint density at radius 1 is 0.315 bits per heavy atom. The molecular formula is C100H63N5O2S. The summed E-state index contributed by atoms with van der Waals surface area (Å²) in [7, 11) is 0. The van der Waals surface area contributed by atoms with Crippen molar-refractivity contribution in [3.63, 3.8) is 0 Å². The first-order valence-corrected chi connectivity index (χ1v) is 37.3. The topological polar surface area (TPSA) is 82.4 Å². The highest BCUT2D eigenvalue weighted by Crippen LogP contribution is 2.65. The van der Waals surface area contributed by atoms with Crippen LogP contribution in [0, 0.1) is 0 Å². The van der Waals surface area contributed by atoms with Crippen LogP contribution in [0.2, 0.25) is 0 Å². The lowest BCUT2D eigenvalue weighted by atomic mass is 9.65. The lowest BCUT2D eigenvalue weighted by Gasteiger charge is -2.40. The molecule has 3 aromatic heterocycles. The normalized spacial score (nSPS) is 13.6. The minimum Gasteiger partial charge on any atom is -0.457 e. The molecule has 14 aromatic carbocycles. The van der Waals surface area contributed by atoms with Crippen LogP contribution in [0.4, 0.5) is 0 Å². The molecule has 0 fully saturated rings. The number of fused-ring (bicyclic) bond motifs is 21. The average molecular weight is 1400 g/mol. The number of nitrogens with zero attached hydrogens (tertiary/aromatic N) is 5. The molecule has 0 amide bonds. The first-order valence-electron chi connectivity index (χ1n) is 36.5. The Labute approximate surface area is 629 Å². The maximum absolute atomic E-state index is 7.12. The number of rotatable bonds is 11. The third-order valence-corrected chi connectivity index (χ3v) is 23.4. The van der Waals surface area contributed by atoms with Crippen LogP contribution in [-0.2, 0) is 10.8 Å². The van der Waals surface area contributed by atoms with Crippen LogP contribution in [0.1, 0.15) is 57.1 Å². The van der Waals surface area contributed by atoms with Gasteiger partial charge in [0, 0.05) is 70.2 Å². The minimum atomic E-state index is -0.710. The Morgan fingerprint density at radius 2 is 0.667 bits per heavy atom. The van der Waals surface area contributed by atoms with Gasteiger partial charge in [0.15, 0.2) is 11.6 Å². The van der Waals surface area contributed by atoms with Crippen LogP contribution in [-0.4, -0.2) is 26.7 Å². The van der Waals surface area contributed by atoms with Crippen molar-refractivity contribution in [1.82, 2.24) is 19.9 Å². The van der Waals surface area contributed by atoms with Crippen molar-refractivity contribution in [2.24, 2.45) is 4.99 Å². The molecule has 0 saturated heterocycles. The highest BCUT2D eigenvalue weighted by atomic mass is 32.1. The molecule has 0 N–H and O–H groups in total. The van der Waals surface area contributed by atoms with E-state index in [-0.39, 0.29) is 0 Å². The van der Waals surface area contributed by atoms with E-state index >= 15 is 0 Å². The van der Waals surface area contributed by atoms with Crippen molar-refractivity contribution >= 4 is 43.9 Å². The second kappa shape index (κ2) is 25.0. The van der Waals surface area contributed by atoms with Crippen molar-refractivity contribution in [2.45, 2.75) is 17.8 Å². The van der Waals surface area contributed by atoms with E-state index < -0.39 is 10.8 Å². The highest BCUT2D eigenvalue weighted by Gasteiger charge is 2.53. The fourth-order valence-electron chi connectivity index (χ4n) is 17.4. The Balaban J connectivity index is 0.622. The van der Waals surface area contributed by atoms with Crippen molar-refractivity contribution in [1.29, 1.82) is 0 Å². The van der Waals surface area contributed by atoms with Gasteiger partial charge in [-0.1, -0.05) is 279 Å². The van der Waals surface area contributed by atoms with Gasteiger partial charge in [0.1, 0.15) is 23.0 Å². The molecule has 2 aliphatic heterocycles. The minimum absolute atomic E-state index is 0.556. The first kappa shape index (κ1) is 62.8. The van der Waals surface area contributed by atoms with E-state index in [4.69, 9.17) is 29.4 Å². The van der Waals surface area contributed by atoms with Gasteiger partial charge in [-0.15, -0.1) is 11.3 Å². The van der Waals surface area contributed by atoms with Gasteiger partial charge in [-0.25, -0.2) is 19.9 Å². The maximum atomic E-state index is 7.12. The van der Waals surface area contributed by atoms with E-state index in [1.165, 1.54) is 64.7 Å². The molecule has 7 nitrogen and oxygen atoms in total. The average Bonchev–Trinajstić information content (AvgIpc) is 1.53. The predicted octanol–water partition coefficient (Wildman–Crippen LogP) is 25.5. The van der Waals surface area contributed by atoms with Crippen LogP contribution in [0.5, 0.6) is 23.0 Å². The summed E-state index contributed by atoms with van der Waals surface area (Å²) in [6, 6.07) is 120. The van der Waals surface area contributed by atoms with Gasteiger partial charge in [-0.2, -0.15) is 0 Å².